The number of aromatic nitrogens is 1. The van der Waals surface area contributed by atoms with E-state index in [1.54, 1.807) is 7.11 Å². The minimum Gasteiger partial charge on any atom is -0.493 e. The number of amides is 1. The minimum atomic E-state index is -0.177. The summed E-state index contributed by atoms with van der Waals surface area (Å²) in [4.78, 5) is 17.2. The molecule has 6 heteroatoms. The average Bonchev–Trinajstić information content (AvgIpc) is 3.44. The zero-order valence-electron chi connectivity index (χ0n) is 18.7. The highest BCUT2D eigenvalue weighted by Gasteiger charge is 2.31. The van der Waals surface area contributed by atoms with Crippen molar-refractivity contribution in [2.24, 2.45) is 5.92 Å². The third kappa shape index (κ3) is 4.31. The number of carbonyl (C=O) groups excluding carboxylic acids is 1. The number of benzene rings is 2. The minimum absolute atomic E-state index is 0.0654. The van der Waals surface area contributed by atoms with E-state index in [4.69, 9.17) is 13.9 Å². The zero-order valence-corrected chi connectivity index (χ0v) is 18.7. The first-order valence-electron chi connectivity index (χ1n) is 11.6. The van der Waals surface area contributed by atoms with E-state index in [1.165, 1.54) is 12.8 Å². The Labute approximate surface area is 188 Å². The maximum Gasteiger partial charge on any atom is 0.223 e. The van der Waals surface area contributed by atoms with Crippen molar-refractivity contribution in [3.8, 4) is 11.5 Å². The lowest BCUT2D eigenvalue weighted by Crippen LogP contribution is -2.41. The molecule has 6 nitrogen and oxygen atoms in total. The number of aryl methyl sites for hydroxylation is 1. The topological polar surface area (TPSA) is 73.6 Å². The van der Waals surface area contributed by atoms with Gasteiger partial charge in [-0.25, -0.2) is 4.98 Å². The van der Waals surface area contributed by atoms with Crippen LogP contribution < -0.4 is 14.8 Å². The summed E-state index contributed by atoms with van der Waals surface area (Å²) in [5.74, 6) is 2.28. The summed E-state index contributed by atoms with van der Waals surface area (Å²) in [5.41, 5.74) is 3.92. The number of carbonyl (C=O) groups is 1. The summed E-state index contributed by atoms with van der Waals surface area (Å²) in [5, 5.41) is 3.08. The second kappa shape index (κ2) is 8.85. The molecule has 168 valence electrons. The number of hydrogen-bond donors (Lipinski definition) is 1. The van der Waals surface area contributed by atoms with E-state index in [0.29, 0.717) is 18.9 Å². The molecule has 3 aromatic rings. The smallest absolute Gasteiger partial charge is 0.223 e. The standard InChI is InChI=1S/C26H30N2O4/c1-16-7-9-22-21(11-16)28-25(32-22)14-18-12-19(15-27-26(18)29)17-8-10-23(30-2)24(13-17)31-20-5-3-4-6-20/h7-11,13,18-20H,3-6,12,14-15H2,1-2H3,(H,27,29)/t18-,19-/m1/s1. The predicted molar refractivity (Wildman–Crippen MR) is 122 cm³/mol. The third-order valence-electron chi connectivity index (χ3n) is 6.73. The molecule has 1 saturated heterocycles. The normalized spacial score (nSPS) is 21.6. The summed E-state index contributed by atoms with van der Waals surface area (Å²) >= 11 is 0. The van der Waals surface area contributed by atoms with E-state index in [1.807, 2.05) is 31.2 Å². The molecule has 2 aromatic carbocycles. The van der Waals surface area contributed by atoms with Gasteiger partial charge in [-0.1, -0.05) is 12.1 Å². The number of hydrogen-bond acceptors (Lipinski definition) is 5. The van der Waals surface area contributed by atoms with E-state index in [2.05, 4.69) is 22.4 Å². The SMILES string of the molecule is COc1ccc([C@H]2CNC(=O)[C@@H](Cc3nc4cc(C)ccc4o3)C2)cc1OC1CCCC1. The van der Waals surface area contributed by atoms with Gasteiger partial charge in [-0.2, -0.15) is 0 Å². The highest BCUT2D eigenvalue weighted by atomic mass is 16.5. The Morgan fingerprint density at radius 3 is 2.78 bits per heavy atom. The van der Waals surface area contributed by atoms with Crippen molar-refractivity contribution in [1.82, 2.24) is 10.3 Å². The van der Waals surface area contributed by atoms with Crippen LogP contribution in [0.15, 0.2) is 40.8 Å². The molecule has 1 aliphatic carbocycles. The molecule has 5 rings (SSSR count). The first-order valence-corrected chi connectivity index (χ1v) is 11.6. The van der Waals surface area contributed by atoms with Crippen LogP contribution in [0.2, 0.25) is 0 Å². The first-order chi connectivity index (χ1) is 15.6. The monoisotopic (exact) mass is 434 g/mol. The van der Waals surface area contributed by atoms with E-state index in [-0.39, 0.29) is 23.8 Å². The molecule has 0 unspecified atom stereocenters. The number of ether oxygens (including phenoxy) is 2. The molecule has 32 heavy (non-hydrogen) atoms. The van der Waals surface area contributed by atoms with Gasteiger partial charge in [0, 0.05) is 24.8 Å². The maximum atomic E-state index is 12.6. The summed E-state index contributed by atoms with van der Waals surface area (Å²) in [6.45, 7) is 2.66. The lowest BCUT2D eigenvalue weighted by Gasteiger charge is -2.29. The van der Waals surface area contributed by atoms with Crippen LogP contribution in [0.3, 0.4) is 0 Å². The molecule has 2 atom stereocenters. The van der Waals surface area contributed by atoms with Crippen molar-refractivity contribution in [2.45, 2.75) is 57.5 Å². The molecule has 0 spiro atoms. The predicted octanol–water partition coefficient (Wildman–Crippen LogP) is 4.93. The Bertz CT molecular complexity index is 1120. The van der Waals surface area contributed by atoms with Gasteiger partial charge < -0.3 is 19.2 Å². The molecular formula is C26H30N2O4. The van der Waals surface area contributed by atoms with Crippen molar-refractivity contribution in [2.75, 3.05) is 13.7 Å². The van der Waals surface area contributed by atoms with E-state index in [9.17, 15) is 4.79 Å². The van der Waals surface area contributed by atoms with Crippen LogP contribution in [-0.2, 0) is 11.2 Å². The fourth-order valence-electron chi connectivity index (χ4n) is 4.94. The van der Waals surface area contributed by atoms with Crippen molar-refractivity contribution < 1.29 is 18.7 Å². The van der Waals surface area contributed by atoms with Crippen LogP contribution in [0, 0.1) is 12.8 Å². The number of rotatable bonds is 6. The first kappa shape index (κ1) is 20.9. The van der Waals surface area contributed by atoms with E-state index < -0.39 is 0 Å². The summed E-state index contributed by atoms with van der Waals surface area (Å²) in [6.07, 6.45) is 6.14. The van der Waals surface area contributed by atoms with E-state index in [0.717, 1.165) is 53.0 Å². The number of methoxy groups -OCH3 is 1. The molecular weight excluding hydrogens is 404 g/mol. The number of nitrogens with one attached hydrogen (secondary N) is 1. The fourth-order valence-corrected chi connectivity index (χ4v) is 4.94. The van der Waals surface area contributed by atoms with Crippen molar-refractivity contribution in [1.29, 1.82) is 0 Å². The second-order valence-corrected chi connectivity index (χ2v) is 9.09. The maximum absolute atomic E-state index is 12.6. The van der Waals surface area contributed by atoms with Gasteiger partial charge in [0.25, 0.3) is 0 Å². The molecule has 0 radical (unpaired) electrons. The molecule has 1 saturated carbocycles. The number of fused-ring (bicyclic) bond motifs is 1. The molecule has 1 aliphatic heterocycles. The fraction of sp³-hybridized carbons (Fsp3) is 0.462. The lowest BCUT2D eigenvalue weighted by molar-refractivity contribution is -0.127. The molecule has 2 aliphatic rings. The van der Waals surface area contributed by atoms with Crippen LogP contribution in [0.1, 0.15) is 55.0 Å². The Balaban J connectivity index is 1.33. The molecule has 2 fully saturated rings. The molecule has 0 bridgehead atoms. The molecule has 1 N–H and O–H groups in total. The quantitative estimate of drug-likeness (QED) is 0.596. The van der Waals surface area contributed by atoms with Gasteiger partial charge in [-0.3, -0.25) is 4.79 Å². The van der Waals surface area contributed by atoms with Crippen LogP contribution in [0.25, 0.3) is 11.1 Å². The Kier molecular flexibility index (Phi) is 5.77. The number of oxazole rings is 1. The average molecular weight is 435 g/mol. The van der Waals surface area contributed by atoms with E-state index >= 15 is 0 Å². The van der Waals surface area contributed by atoms with Crippen LogP contribution >= 0.6 is 0 Å². The summed E-state index contributed by atoms with van der Waals surface area (Å²) < 4.78 is 17.7. The van der Waals surface area contributed by atoms with Crippen molar-refractivity contribution >= 4 is 17.0 Å². The zero-order chi connectivity index (χ0) is 22.1. The molecule has 1 aromatic heterocycles. The van der Waals surface area contributed by atoms with Crippen LogP contribution in [0.4, 0.5) is 0 Å². The third-order valence-corrected chi connectivity index (χ3v) is 6.73. The number of piperidine rings is 1. The highest BCUT2D eigenvalue weighted by molar-refractivity contribution is 5.80. The highest BCUT2D eigenvalue weighted by Crippen LogP contribution is 2.37. The second-order valence-electron chi connectivity index (χ2n) is 9.09. The van der Waals surface area contributed by atoms with Crippen LogP contribution in [-0.4, -0.2) is 30.6 Å². The summed E-state index contributed by atoms with van der Waals surface area (Å²) in [7, 11) is 1.68. The van der Waals surface area contributed by atoms with Gasteiger partial charge in [-0.05, 0) is 74.4 Å². The lowest BCUT2D eigenvalue weighted by atomic mass is 9.83. The Hall–Kier alpha value is -3.02. The van der Waals surface area contributed by atoms with Crippen molar-refractivity contribution in [3.63, 3.8) is 0 Å². The Morgan fingerprint density at radius 1 is 1.12 bits per heavy atom. The molecule has 2 heterocycles. The van der Waals surface area contributed by atoms with Gasteiger partial charge in [0.05, 0.1) is 13.2 Å². The Morgan fingerprint density at radius 2 is 1.97 bits per heavy atom. The van der Waals surface area contributed by atoms with Crippen LogP contribution in [0.5, 0.6) is 11.5 Å². The van der Waals surface area contributed by atoms with Gasteiger partial charge in [0.1, 0.15) is 5.52 Å². The number of nitrogens with zero attached hydrogens (tertiary/aromatic N) is 1. The molecule has 1 amide bonds. The van der Waals surface area contributed by atoms with Gasteiger partial charge >= 0.3 is 0 Å². The van der Waals surface area contributed by atoms with Gasteiger partial charge in [0.15, 0.2) is 23.0 Å². The largest absolute Gasteiger partial charge is 0.493 e. The van der Waals surface area contributed by atoms with Crippen molar-refractivity contribution in [3.05, 3.63) is 53.4 Å². The summed E-state index contributed by atoms with van der Waals surface area (Å²) in [6, 6.07) is 12.1. The van der Waals surface area contributed by atoms with Gasteiger partial charge in [-0.15, -0.1) is 0 Å². The van der Waals surface area contributed by atoms with Gasteiger partial charge in [0.2, 0.25) is 5.91 Å².